The predicted molar refractivity (Wildman–Crippen MR) is 65.4 cm³/mol. The minimum absolute atomic E-state index is 0.372. The van der Waals surface area contributed by atoms with Crippen LogP contribution in [0.5, 0.6) is 0 Å². The van der Waals surface area contributed by atoms with E-state index in [2.05, 4.69) is 0 Å². The average molecular weight is 261 g/mol. The van der Waals surface area contributed by atoms with E-state index in [4.69, 9.17) is 23.2 Å². The van der Waals surface area contributed by atoms with Crippen LogP contribution < -0.4 is 0 Å². The van der Waals surface area contributed by atoms with Gasteiger partial charge in [-0.15, -0.1) is 0 Å². The Morgan fingerprint density at radius 2 is 1.38 bits per heavy atom. The second kappa shape index (κ2) is 6.87. The third-order valence-electron chi connectivity index (χ3n) is 2.75. The summed E-state index contributed by atoms with van der Waals surface area (Å²) in [5, 5.41) is -0.873. The molecule has 0 aliphatic heterocycles. The van der Waals surface area contributed by atoms with Crippen LogP contribution in [0.15, 0.2) is 24.3 Å². The lowest BCUT2D eigenvalue weighted by molar-refractivity contribution is -0.108. The lowest BCUT2D eigenvalue weighted by Gasteiger charge is -2.24. The second-order valence-corrected chi connectivity index (χ2v) is 4.76. The third kappa shape index (κ3) is 5.47. The Hall–Kier alpha value is -0.600. The Labute approximate surface area is 105 Å². The van der Waals surface area contributed by atoms with E-state index < -0.39 is 10.5 Å². The molecule has 0 heterocycles. The van der Waals surface area contributed by atoms with Gasteiger partial charge < -0.3 is 0 Å². The fourth-order valence-corrected chi connectivity index (χ4v) is 2.19. The standard InChI is InChI=1S/C12H14Cl2O2/c13-11(15)6-4-9-2-1-3-10(8-9)5-7-12(14)16/h4-7,9-10H,1-3,8H2/b6-4+,7-5+/t9-,10-/m1/s1. The highest BCUT2D eigenvalue weighted by Crippen LogP contribution is 2.30. The Bertz CT molecular complexity index is 291. The second-order valence-electron chi connectivity index (χ2n) is 4.01. The number of allylic oxidation sites excluding steroid dienone is 4. The lowest BCUT2D eigenvalue weighted by Crippen LogP contribution is -2.12. The predicted octanol–water partition coefficient (Wildman–Crippen LogP) is 3.44. The molecule has 1 aliphatic rings. The monoisotopic (exact) mass is 260 g/mol. The van der Waals surface area contributed by atoms with Gasteiger partial charge in [-0.1, -0.05) is 18.6 Å². The maximum atomic E-state index is 10.6. The highest BCUT2D eigenvalue weighted by Gasteiger charge is 2.18. The molecule has 16 heavy (non-hydrogen) atoms. The number of carbonyl (C=O) groups is 2. The van der Waals surface area contributed by atoms with Crippen LogP contribution >= 0.6 is 23.2 Å². The first-order chi connectivity index (χ1) is 7.58. The van der Waals surface area contributed by atoms with Crippen molar-refractivity contribution < 1.29 is 9.59 Å². The number of rotatable bonds is 4. The fourth-order valence-electron chi connectivity index (χ4n) is 2.04. The molecule has 0 unspecified atom stereocenters. The molecule has 1 saturated carbocycles. The normalized spacial score (nSPS) is 26.4. The zero-order valence-electron chi connectivity index (χ0n) is 8.86. The van der Waals surface area contributed by atoms with E-state index in [0.29, 0.717) is 11.8 Å². The molecule has 1 aliphatic carbocycles. The topological polar surface area (TPSA) is 34.1 Å². The summed E-state index contributed by atoms with van der Waals surface area (Å²) in [7, 11) is 0. The van der Waals surface area contributed by atoms with Gasteiger partial charge in [0.25, 0.3) is 0 Å². The van der Waals surface area contributed by atoms with Gasteiger partial charge >= 0.3 is 0 Å². The van der Waals surface area contributed by atoms with Crippen LogP contribution in [0.3, 0.4) is 0 Å². The maximum Gasteiger partial charge on any atom is 0.244 e. The number of hydrogen-bond acceptors (Lipinski definition) is 2. The molecule has 0 aromatic carbocycles. The van der Waals surface area contributed by atoms with Crippen LogP contribution in [0.1, 0.15) is 25.7 Å². The third-order valence-corrected chi connectivity index (χ3v) is 3.01. The molecular weight excluding hydrogens is 247 g/mol. The molecule has 0 bridgehead atoms. The van der Waals surface area contributed by atoms with Gasteiger partial charge in [0.1, 0.15) is 0 Å². The molecule has 0 saturated heterocycles. The van der Waals surface area contributed by atoms with Crippen molar-refractivity contribution in [1.29, 1.82) is 0 Å². The number of carbonyl (C=O) groups excluding carboxylic acids is 2. The van der Waals surface area contributed by atoms with E-state index >= 15 is 0 Å². The molecule has 1 rings (SSSR count). The summed E-state index contributed by atoms with van der Waals surface area (Å²) in [4.78, 5) is 21.2. The van der Waals surface area contributed by atoms with Crippen LogP contribution in [0.2, 0.25) is 0 Å². The minimum Gasteiger partial charge on any atom is -0.276 e. The van der Waals surface area contributed by atoms with Gasteiger partial charge in [-0.25, -0.2) is 0 Å². The quantitative estimate of drug-likeness (QED) is 0.573. The fraction of sp³-hybridized carbons (Fsp3) is 0.500. The van der Waals surface area contributed by atoms with Gasteiger partial charge in [0.15, 0.2) is 0 Å². The van der Waals surface area contributed by atoms with E-state index in [-0.39, 0.29) is 0 Å². The first-order valence-electron chi connectivity index (χ1n) is 5.33. The van der Waals surface area contributed by atoms with E-state index in [1.807, 2.05) is 12.2 Å². The molecule has 2 atom stereocenters. The highest BCUT2D eigenvalue weighted by molar-refractivity contribution is 6.66. The van der Waals surface area contributed by atoms with Crippen LogP contribution in [0, 0.1) is 11.8 Å². The van der Waals surface area contributed by atoms with Crippen LogP contribution in [0.4, 0.5) is 0 Å². The SMILES string of the molecule is O=C(Cl)/C=C/[C@H]1CCC[C@H](/C=C/C(=O)Cl)C1. The lowest BCUT2D eigenvalue weighted by atomic mass is 9.81. The molecule has 88 valence electrons. The van der Waals surface area contributed by atoms with E-state index in [1.54, 1.807) is 0 Å². The van der Waals surface area contributed by atoms with E-state index in [1.165, 1.54) is 12.2 Å². The van der Waals surface area contributed by atoms with Crippen molar-refractivity contribution in [2.75, 3.05) is 0 Å². The molecule has 0 amide bonds. The smallest absolute Gasteiger partial charge is 0.244 e. The van der Waals surface area contributed by atoms with Gasteiger partial charge in [0.2, 0.25) is 10.5 Å². The number of halogens is 2. The number of hydrogen-bond donors (Lipinski definition) is 0. The summed E-state index contributed by atoms with van der Waals surface area (Å²) in [5.41, 5.74) is 0. The summed E-state index contributed by atoms with van der Waals surface area (Å²) in [6.45, 7) is 0. The maximum absolute atomic E-state index is 10.6. The van der Waals surface area contributed by atoms with Crippen LogP contribution in [0.25, 0.3) is 0 Å². The Morgan fingerprint density at radius 1 is 0.938 bits per heavy atom. The first-order valence-corrected chi connectivity index (χ1v) is 6.09. The van der Waals surface area contributed by atoms with Crippen molar-refractivity contribution >= 4 is 33.7 Å². The Kier molecular flexibility index (Phi) is 5.78. The molecule has 0 aromatic heterocycles. The molecule has 0 aromatic rings. The van der Waals surface area contributed by atoms with Gasteiger partial charge in [-0.05, 0) is 66.5 Å². The molecular formula is C12H14Cl2O2. The molecule has 0 N–H and O–H groups in total. The van der Waals surface area contributed by atoms with E-state index in [0.717, 1.165) is 25.7 Å². The van der Waals surface area contributed by atoms with E-state index in [9.17, 15) is 9.59 Å². The molecule has 1 fully saturated rings. The summed E-state index contributed by atoms with van der Waals surface area (Å²) in [5.74, 6) is 0.744. The molecule has 4 heteroatoms. The highest BCUT2D eigenvalue weighted by atomic mass is 35.5. The summed E-state index contributed by atoms with van der Waals surface area (Å²) in [6, 6.07) is 0. The summed E-state index contributed by atoms with van der Waals surface area (Å²) >= 11 is 10.5. The van der Waals surface area contributed by atoms with Crippen molar-refractivity contribution in [3.63, 3.8) is 0 Å². The first kappa shape index (κ1) is 13.5. The minimum atomic E-state index is -0.436. The van der Waals surface area contributed by atoms with Crippen LogP contribution in [-0.2, 0) is 9.59 Å². The van der Waals surface area contributed by atoms with Crippen molar-refractivity contribution in [1.82, 2.24) is 0 Å². The summed E-state index contributed by atoms with van der Waals surface area (Å²) in [6.07, 6.45) is 10.7. The van der Waals surface area contributed by atoms with Crippen molar-refractivity contribution in [3.8, 4) is 0 Å². The van der Waals surface area contributed by atoms with Gasteiger partial charge in [-0.3, -0.25) is 9.59 Å². The molecule has 2 nitrogen and oxygen atoms in total. The zero-order chi connectivity index (χ0) is 12.0. The van der Waals surface area contributed by atoms with Crippen LogP contribution in [-0.4, -0.2) is 10.5 Å². The Morgan fingerprint density at radius 3 is 1.75 bits per heavy atom. The van der Waals surface area contributed by atoms with Gasteiger partial charge in [0, 0.05) is 0 Å². The van der Waals surface area contributed by atoms with Gasteiger partial charge in [-0.2, -0.15) is 0 Å². The Balaban J connectivity index is 2.47. The average Bonchev–Trinajstić information content (AvgIpc) is 2.24. The molecule has 0 radical (unpaired) electrons. The zero-order valence-corrected chi connectivity index (χ0v) is 10.4. The summed E-state index contributed by atoms with van der Waals surface area (Å²) < 4.78 is 0. The van der Waals surface area contributed by atoms with Gasteiger partial charge in [0.05, 0.1) is 0 Å². The largest absolute Gasteiger partial charge is 0.276 e. The molecule has 0 spiro atoms. The van der Waals surface area contributed by atoms with Crippen molar-refractivity contribution in [2.45, 2.75) is 25.7 Å². The van der Waals surface area contributed by atoms with Crippen molar-refractivity contribution in [2.24, 2.45) is 11.8 Å². The van der Waals surface area contributed by atoms with Crippen molar-refractivity contribution in [3.05, 3.63) is 24.3 Å².